The highest BCUT2D eigenvalue weighted by Gasteiger charge is 2.28. The minimum absolute atomic E-state index is 0.0569. The number of carboxylic acid groups (broad SMARTS) is 1. The van der Waals surface area contributed by atoms with Gasteiger partial charge >= 0.3 is 5.97 Å². The number of nitrogens with zero attached hydrogens (tertiary/aromatic N) is 2. The van der Waals surface area contributed by atoms with E-state index in [1.54, 1.807) is 20.8 Å². The molecule has 1 aromatic heterocycles. The number of carboxylic acids is 1. The van der Waals surface area contributed by atoms with Crippen molar-refractivity contribution in [3.05, 3.63) is 52.8 Å². The number of aryl methyl sites for hydroxylation is 3. The van der Waals surface area contributed by atoms with Crippen LogP contribution in [0.5, 0.6) is 0 Å². The molecule has 7 heteroatoms. The van der Waals surface area contributed by atoms with Crippen molar-refractivity contribution in [1.29, 1.82) is 0 Å². The van der Waals surface area contributed by atoms with Gasteiger partial charge in [0.2, 0.25) is 0 Å². The van der Waals surface area contributed by atoms with Crippen molar-refractivity contribution in [2.75, 3.05) is 10.8 Å². The van der Waals surface area contributed by atoms with Crippen molar-refractivity contribution in [1.82, 2.24) is 4.98 Å². The largest absolute Gasteiger partial charge is 0.478 e. The monoisotopic (exact) mass is 348 g/mol. The van der Waals surface area contributed by atoms with Crippen LogP contribution in [-0.4, -0.2) is 31.0 Å². The van der Waals surface area contributed by atoms with Crippen LogP contribution in [0, 0.1) is 20.8 Å². The van der Waals surface area contributed by atoms with Gasteiger partial charge in [0.25, 0.3) is 10.0 Å². The van der Waals surface area contributed by atoms with E-state index in [4.69, 9.17) is 5.11 Å². The van der Waals surface area contributed by atoms with E-state index in [2.05, 4.69) is 4.98 Å². The standard InChI is InChI=1S/C17H20N2O4S/c1-5-19(15-8-14(17(20)21)9-18-10-15)24(22,23)16-12(3)6-11(2)7-13(16)4/h6-10H,5H2,1-4H3,(H,20,21). The summed E-state index contributed by atoms with van der Waals surface area (Å²) in [5, 5.41) is 9.09. The second-order valence-corrected chi connectivity index (χ2v) is 7.43. The molecule has 0 aliphatic carbocycles. The van der Waals surface area contributed by atoms with Gasteiger partial charge in [-0.3, -0.25) is 9.29 Å². The van der Waals surface area contributed by atoms with E-state index in [1.807, 2.05) is 19.1 Å². The zero-order valence-electron chi connectivity index (χ0n) is 14.1. The van der Waals surface area contributed by atoms with E-state index >= 15 is 0 Å². The molecule has 0 saturated carbocycles. The van der Waals surface area contributed by atoms with Gasteiger partial charge in [0.05, 0.1) is 22.3 Å². The third-order valence-electron chi connectivity index (χ3n) is 3.70. The molecule has 0 fully saturated rings. The molecule has 0 atom stereocenters. The number of anilines is 1. The summed E-state index contributed by atoms with van der Waals surface area (Å²) in [6, 6.07) is 4.95. The second-order valence-electron chi connectivity index (χ2n) is 5.63. The van der Waals surface area contributed by atoms with Crippen LogP contribution in [0.2, 0.25) is 0 Å². The molecular formula is C17H20N2O4S. The van der Waals surface area contributed by atoms with Gasteiger partial charge in [-0.25, -0.2) is 13.2 Å². The van der Waals surface area contributed by atoms with Crippen LogP contribution in [0.4, 0.5) is 5.69 Å². The topological polar surface area (TPSA) is 87.6 Å². The summed E-state index contributed by atoms with van der Waals surface area (Å²) < 4.78 is 27.5. The Hall–Kier alpha value is -2.41. The fourth-order valence-corrected chi connectivity index (χ4v) is 4.73. The number of benzene rings is 1. The van der Waals surface area contributed by atoms with Crippen molar-refractivity contribution in [2.45, 2.75) is 32.6 Å². The number of rotatable bonds is 5. The molecule has 1 N–H and O–H groups in total. The third-order valence-corrected chi connectivity index (χ3v) is 5.91. The fourth-order valence-electron chi connectivity index (χ4n) is 2.86. The molecule has 128 valence electrons. The first-order valence-corrected chi connectivity index (χ1v) is 8.91. The number of aromatic carboxylic acids is 1. The highest BCUT2D eigenvalue weighted by Crippen LogP contribution is 2.29. The van der Waals surface area contributed by atoms with Crippen LogP contribution >= 0.6 is 0 Å². The van der Waals surface area contributed by atoms with Crippen molar-refractivity contribution >= 4 is 21.7 Å². The molecule has 0 bridgehead atoms. The Morgan fingerprint density at radius 1 is 1.12 bits per heavy atom. The molecule has 6 nitrogen and oxygen atoms in total. The van der Waals surface area contributed by atoms with Gasteiger partial charge in [-0.1, -0.05) is 17.7 Å². The Bertz CT molecular complexity index is 868. The molecule has 2 rings (SSSR count). The first kappa shape index (κ1) is 17.9. The number of pyridine rings is 1. The molecule has 0 saturated heterocycles. The summed E-state index contributed by atoms with van der Waals surface area (Å²) in [5.74, 6) is -1.15. The number of hydrogen-bond donors (Lipinski definition) is 1. The van der Waals surface area contributed by atoms with Crippen LogP contribution in [0.15, 0.2) is 35.5 Å². The van der Waals surface area contributed by atoms with Gasteiger partial charge in [0, 0.05) is 12.7 Å². The van der Waals surface area contributed by atoms with Crippen LogP contribution in [0.25, 0.3) is 0 Å². The normalized spacial score (nSPS) is 11.3. The molecule has 0 aliphatic rings. The fraction of sp³-hybridized carbons (Fsp3) is 0.294. The Morgan fingerprint density at radius 3 is 2.21 bits per heavy atom. The number of aromatic nitrogens is 1. The van der Waals surface area contributed by atoms with Gasteiger partial charge in [0.1, 0.15) is 0 Å². The van der Waals surface area contributed by atoms with E-state index < -0.39 is 16.0 Å². The van der Waals surface area contributed by atoms with Crippen LogP contribution < -0.4 is 4.31 Å². The van der Waals surface area contributed by atoms with Crippen molar-refractivity contribution in [2.24, 2.45) is 0 Å². The Kier molecular flexibility index (Phi) is 4.94. The van der Waals surface area contributed by atoms with Crippen LogP contribution in [-0.2, 0) is 10.0 Å². The number of carbonyl (C=O) groups is 1. The zero-order chi connectivity index (χ0) is 18.1. The lowest BCUT2D eigenvalue weighted by molar-refractivity contribution is 0.0696. The third kappa shape index (κ3) is 3.26. The maximum atomic E-state index is 13.1. The molecule has 0 unspecified atom stereocenters. The lowest BCUT2D eigenvalue weighted by atomic mass is 10.1. The van der Waals surface area contributed by atoms with Gasteiger partial charge in [-0.2, -0.15) is 0 Å². The number of hydrogen-bond acceptors (Lipinski definition) is 4. The molecule has 0 spiro atoms. The van der Waals surface area contributed by atoms with E-state index in [-0.39, 0.29) is 22.7 Å². The van der Waals surface area contributed by atoms with Crippen molar-refractivity contribution in [3.63, 3.8) is 0 Å². The Labute approximate surface area is 141 Å². The zero-order valence-corrected chi connectivity index (χ0v) is 14.9. The Balaban J connectivity index is 2.62. The summed E-state index contributed by atoms with van der Waals surface area (Å²) >= 11 is 0. The molecule has 2 aromatic rings. The summed E-state index contributed by atoms with van der Waals surface area (Å²) in [4.78, 5) is 15.2. The van der Waals surface area contributed by atoms with Gasteiger partial charge < -0.3 is 5.11 Å². The average Bonchev–Trinajstić information content (AvgIpc) is 2.46. The summed E-state index contributed by atoms with van der Waals surface area (Å²) in [5.41, 5.74) is 2.48. The first-order chi connectivity index (χ1) is 11.2. The summed E-state index contributed by atoms with van der Waals surface area (Å²) in [7, 11) is -3.82. The molecule has 1 aromatic carbocycles. The van der Waals surface area contributed by atoms with Crippen LogP contribution in [0.3, 0.4) is 0 Å². The molecule has 24 heavy (non-hydrogen) atoms. The highest BCUT2D eigenvalue weighted by molar-refractivity contribution is 7.93. The number of sulfonamides is 1. The minimum atomic E-state index is -3.82. The van der Waals surface area contributed by atoms with E-state index in [0.29, 0.717) is 11.1 Å². The smallest absolute Gasteiger partial charge is 0.337 e. The van der Waals surface area contributed by atoms with Gasteiger partial charge in [-0.15, -0.1) is 0 Å². The Morgan fingerprint density at radius 2 is 1.71 bits per heavy atom. The SMILES string of the molecule is CCN(c1cncc(C(=O)O)c1)S(=O)(=O)c1c(C)cc(C)cc1C. The lowest BCUT2D eigenvalue weighted by Gasteiger charge is -2.25. The molecule has 0 aliphatic heterocycles. The van der Waals surface area contributed by atoms with E-state index in [0.717, 1.165) is 5.56 Å². The molecule has 1 heterocycles. The predicted octanol–water partition coefficient (Wildman–Crippen LogP) is 2.92. The first-order valence-electron chi connectivity index (χ1n) is 7.47. The lowest BCUT2D eigenvalue weighted by Crippen LogP contribution is -2.32. The average molecular weight is 348 g/mol. The van der Waals surface area contributed by atoms with E-state index in [1.165, 1.54) is 22.8 Å². The summed E-state index contributed by atoms with van der Waals surface area (Å²) in [6.45, 7) is 7.29. The summed E-state index contributed by atoms with van der Waals surface area (Å²) in [6.07, 6.45) is 2.54. The predicted molar refractivity (Wildman–Crippen MR) is 92.1 cm³/mol. The maximum absolute atomic E-state index is 13.1. The molecule has 0 amide bonds. The molecule has 0 radical (unpaired) electrons. The quantitative estimate of drug-likeness (QED) is 0.897. The second kappa shape index (κ2) is 6.60. The maximum Gasteiger partial charge on any atom is 0.337 e. The van der Waals surface area contributed by atoms with Crippen molar-refractivity contribution in [3.8, 4) is 0 Å². The van der Waals surface area contributed by atoms with Crippen LogP contribution in [0.1, 0.15) is 34.0 Å². The van der Waals surface area contributed by atoms with E-state index in [9.17, 15) is 13.2 Å². The van der Waals surface area contributed by atoms with Gasteiger partial charge in [0.15, 0.2) is 0 Å². The minimum Gasteiger partial charge on any atom is -0.478 e. The highest BCUT2D eigenvalue weighted by atomic mass is 32.2. The van der Waals surface area contributed by atoms with Crippen molar-refractivity contribution < 1.29 is 18.3 Å². The van der Waals surface area contributed by atoms with Gasteiger partial charge in [-0.05, 0) is 44.9 Å². The molecular weight excluding hydrogens is 328 g/mol.